The average Bonchev–Trinajstić information content (AvgIpc) is 3.29. The summed E-state index contributed by atoms with van der Waals surface area (Å²) in [5.41, 5.74) is 1.25. The van der Waals surface area contributed by atoms with Crippen LogP contribution in [0.5, 0.6) is 11.5 Å². The first kappa shape index (κ1) is 20.0. The highest BCUT2D eigenvalue weighted by Gasteiger charge is 2.19. The molecule has 7 heteroatoms. The number of nitrogens with one attached hydrogen (secondary N) is 2. The van der Waals surface area contributed by atoms with Gasteiger partial charge in [0.1, 0.15) is 5.56 Å². The van der Waals surface area contributed by atoms with Crippen molar-refractivity contribution in [3.8, 4) is 11.5 Å². The summed E-state index contributed by atoms with van der Waals surface area (Å²) >= 11 is 0. The van der Waals surface area contributed by atoms with Crippen LogP contribution in [0.15, 0.2) is 51.7 Å². The van der Waals surface area contributed by atoms with Crippen LogP contribution in [0.3, 0.4) is 0 Å². The van der Waals surface area contributed by atoms with Crippen molar-refractivity contribution in [2.24, 2.45) is 0 Å². The lowest BCUT2D eigenvalue weighted by atomic mass is 10.1. The van der Waals surface area contributed by atoms with E-state index in [-0.39, 0.29) is 11.1 Å². The van der Waals surface area contributed by atoms with E-state index < -0.39 is 11.5 Å². The molecule has 7 nitrogen and oxygen atoms in total. The lowest BCUT2D eigenvalue weighted by Gasteiger charge is -2.12. The number of hydrogen-bond donors (Lipinski definition) is 2. The number of ether oxygens (including phenoxy) is 2. The summed E-state index contributed by atoms with van der Waals surface area (Å²) in [6.07, 6.45) is 2.27. The lowest BCUT2D eigenvalue weighted by molar-refractivity contribution is 0.102. The highest BCUT2D eigenvalue weighted by Crippen LogP contribution is 2.35. The molecule has 1 unspecified atom stereocenters. The number of methoxy groups -OCH3 is 1. The predicted octanol–water partition coefficient (Wildman–Crippen LogP) is 3.88. The molecule has 1 atom stereocenters. The van der Waals surface area contributed by atoms with E-state index in [2.05, 4.69) is 10.6 Å². The van der Waals surface area contributed by atoms with E-state index in [4.69, 9.17) is 13.9 Å². The van der Waals surface area contributed by atoms with Crippen LogP contribution in [0.2, 0.25) is 0 Å². The van der Waals surface area contributed by atoms with Crippen molar-refractivity contribution in [1.82, 2.24) is 5.32 Å². The zero-order chi connectivity index (χ0) is 21.1. The van der Waals surface area contributed by atoms with Crippen LogP contribution in [0.25, 0.3) is 11.0 Å². The molecule has 4 rings (SSSR count). The largest absolute Gasteiger partial charge is 0.493 e. The summed E-state index contributed by atoms with van der Waals surface area (Å²) in [5.74, 6) is 0.283. The third kappa shape index (κ3) is 3.89. The molecule has 30 heavy (non-hydrogen) atoms. The number of rotatable bonds is 6. The van der Waals surface area contributed by atoms with Gasteiger partial charge in [-0.05, 0) is 62.2 Å². The molecule has 156 valence electrons. The van der Waals surface area contributed by atoms with Crippen molar-refractivity contribution < 1.29 is 18.7 Å². The predicted molar refractivity (Wildman–Crippen MR) is 115 cm³/mol. The average molecular weight is 408 g/mol. The molecule has 3 aromatic rings. The fourth-order valence-corrected chi connectivity index (χ4v) is 3.71. The minimum Gasteiger partial charge on any atom is -0.493 e. The first-order valence-corrected chi connectivity index (χ1v) is 10.0. The van der Waals surface area contributed by atoms with E-state index in [1.165, 1.54) is 18.7 Å². The van der Waals surface area contributed by atoms with E-state index in [1.54, 1.807) is 12.1 Å². The molecule has 1 saturated heterocycles. The fourth-order valence-electron chi connectivity index (χ4n) is 3.71. The molecule has 1 aliphatic heterocycles. The molecule has 0 saturated carbocycles. The third-order valence-corrected chi connectivity index (χ3v) is 5.21. The molecular formula is C23H24N2O5. The van der Waals surface area contributed by atoms with Crippen molar-refractivity contribution in [3.05, 3.63) is 64.0 Å². The summed E-state index contributed by atoms with van der Waals surface area (Å²) in [7, 11) is 1.51. The fraction of sp³-hybridized carbons (Fsp3) is 0.304. The Morgan fingerprint density at radius 2 is 2.03 bits per heavy atom. The Bertz CT molecular complexity index is 1110. The van der Waals surface area contributed by atoms with Crippen molar-refractivity contribution in [2.75, 3.05) is 25.6 Å². The number of hydrogen-bond acceptors (Lipinski definition) is 6. The standard InChI is InChI=1S/C23H24N2O5/c1-3-29-21-19(28-2)11-8-15-13-17(23(27)30-20(15)21)22(26)25-16-9-6-14(7-10-16)18-5-4-12-24-18/h6-11,13,18,24H,3-5,12H2,1-2H3,(H,25,26). The van der Waals surface area contributed by atoms with Gasteiger partial charge in [-0.3, -0.25) is 4.79 Å². The van der Waals surface area contributed by atoms with Gasteiger partial charge in [-0.1, -0.05) is 12.1 Å². The zero-order valence-electron chi connectivity index (χ0n) is 17.0. The van der Waals surface area contributed by atoms with Crippen LogP contribution >= 0.6 is 0 Å². The molecular weight excluding hydrogens is 384 g/mol. The number of benzene rings is 2. The Kier molecular flexibility index (Phi) is 5.72. The Morgan fingerprint density at radius 1 is 1.23 bits per heavy atom. The number of anilines is 1. The highest BCUT2D eigenvalue weighted by atomic mass is 16.5. The number of fused-ring (bicyclic) bond motifs is 1. The van der Waals surface area contributed by atoms with Gasteiger partial charge in [0, 0.05) is 17.1 Å². The minimum atomic E-state index is -0.735. The first-order chi connectivity index (χ1) is 14.6. The second-order valence-electron chi connectivity index (χ2n) is 7.12. The van der Waals surface area contributed by atoms with E-state index in [9.17, 15) is 9.59 Å². The Balaban J connectivity index is 1.60. The van der Waals surface area contributed by atoms with Crippen molar-refractivity contribution in [1.29, 1.82) is 0 Å². The summed E-state index contributed by atoms with van der Waals surface area (Å²) in [5, 5.41) is 6.79. The van der Waals surface area contributed by atoms with Gasteiger partial charge in [0.2, 0.25) is 5.75 Å². The van der Waals surface area contributed by atoms with E-state index in [0.717, 1.165) is 19.4 Å². The normalized spacial score (nSPS) is 15.9. The molecule has 1 aromatic heterocycles. The van der Waals surface area contributed by atoms with E-state index in [0.29, 0.717) is 35.2 Å². The zero-order valence-corrected chi connectivity index (χ0v) is 17.0. The van der Waals surface area contributed by atoms with Gasteiger partial charge in [-0.2, -0.15) is 0 Å². The Morgan fingerprint density at radius 3 is 2.70 bits per heavy atom. The monoisotopic (exact) mass is 408 g/mol. The van der Waals surface area contributed by atoms with Gasteiger partial charge < -0.3 is 24.5 Å². The molecule has 1 fully saturated rings. The molecule has 2 aromatic carbocycles. The van der Waals surface area contributed by atoms with Crippen LogP contribution in [-0.4, -0.2) is 26.2 Å². The summed E-state index contributed by atoms with van der Waals surface area (Å²) in [4.78, 5) is 25.2. The smallest absolute Gasteiger partial charge is 0.349 e. The topological polar surface area (TPSA) is 89.8 Å². The lowest BCUT2D eigenvalue weighted by Crippen LogP contribution is -2.21. The van der Waals surface area contributed by atoms with Crippen LogP contribution in [0, 0.1) is 0 Å². The molecule has 2 heterocycles. The first-order valence-electron chi connectivity index (χ1n) is 10.0. The van der Waals surface area contributed by atoms with Crippen molar-refractivity contribution >= 4 is 22.6 Å². The minimum absolute atomic E-state index is 0.0725. The quantitative estimate of drug-likeness (QED) is 0.602. The maximum atomic E-state index is 12.7. The molecule has 0 spiro atoms. The van der Waals surface area contributed by atoms with Crippen LogP contribution < -0.4 is 25.7 Å². The van der Waals surface area contributed by atoms with Gasteiger partial charge in [-0.15, -0.1) is 0 Å². The second-order valence-corrected chi connectivity index (χ2v) is 7.12. The van der Waals surface area contributed by atoms with Crippen molar-refractivity contribution in [3.63, 3.8) is 0 Å². The highest BCUT2D eigenvalue weighted by molar-refractivity contribution is 6.05. The Labute approximate surface area is 174 Å². The van der Waals surface area contributed by atoms with Gasteiger partial charge >= 0.3 is 5.63 Å². The second kappa shape index (κ2) is 8.59. The maximum absolute atomic E-state index is 12.7. The molecule has 0 radical (unpaired) electrons. The summed E-state index contributed by atoms with van der Waals surface area (Å²) < 4.78 is 16.3. The van der Waals surface area contributed by atoms with Gasteiger partial charge in [0.25, 0.3) is 5.91 Å². The maximum Gasteiger partial charge on any atom is 0.349 e. The van der Waals surface area contributed by atoms with Crippen LogP contribution in [-0.2, 0) is 0 Å². The van der Waals surface area contributed by atoms with Gasteiger partial charge in [0.15, 0.2) is 11.3 Å². The van der Waals surface area contributed by atoms with Crippen LogP contribution in [0.4, 0.5) is 5.69 Å². The SMILES string of the molecule is CCOc1c(OC)ccc2cc(C(=O)Nc3ccc(C4CCCN4)cc3)c(=O)oc12. The Hall–Kier alpha value is -3.32. The van der Waals surface area contributed by atoms with Crippen molar-refractivity contribution in [2.45, 2.75) is 25.8 Å². The van der Waals surface area contributed by atoms with Crippen LogP contribution in [0.1, 0.15) is 41.7 Å². The number of carbonyl (C=O) groups is 1. The molecule has 0 aliphatic carbocycles. The summed E-state index contributed by atoms with van der Waals surface area (Å²) in [6.45, 7) is 3.23. The van der Waals surface area contributed by atoms with Gasteiger partial charge in [-0.25, -0.2) is 4.79 Å². The number of amides is 1. The van der Waals surface area contributed by atoms with Gasteiger partial charge in [0.05, 0.1) is 13.7 Å². The molecule has 1 aliphatic rings. The molecule has 1 amide bonds. The third-order valence-electron chi connectivity index (χ3n) is 5.21. The molecule has 2 N–H and O–H groups in total. The summed E-state index contributed by atoms with van der Waals surface area (Å²) in [6, 6.07) is 13.0. The number of carbonyl (C=O) groups excluding carboxylic acids is 1. The molecule has 0 bridgehead atoms. The van der Waals surface area contributed by atoms with E-state index >= 15 is 0 Å². The van der Waals surface area contributed by atoms with E-state index in [1.807, 2.05) is 31.2 Å².